The zero-order valence-corrected chi connectivity index (χ0v) is 11.1. The first kappa shape index (κ1) is 13.1. The summed E-state index contributed by atoms with van der Waals surface area (Å²) in [4.78, 5) is 17.7. The highest BCUT2D eigenvalue weighted by atomic mass is 16.3. The van der Waals surface area contributed by atoms with E-state index in [0.29, 0.717) is 18.2 Å². The van der Waals surface area contributed by atoms with Gasteiger partial charge in [0.05, 0.1) is 6.61 Å². The van der Waals surface area contributed by atoms with Gasteiger partial charge in [-0.3, -0.25) is 0 Å². The van der Waals surface area contributed by atoms with Gasteiger partial charge in [-0.1, -0.05) is 0 Å². The van der Waals surface area contributed by atoms with E-state index in [2.05, 4.69) is 20.5 Å². The molecule has 0 aromatic carbocycles. The van der Waals surface area contributed by atoms with E-state index < -0.39 is 0 Å². The van der Waals surface area contributed by atoms with E-state index in [1.165, 1.54) is 17.1 Å². The zero-order chi connectivity index (χ0) is 13.9. The minimum atomic E-state index is -0.301. The molecule has 2 aromatic rings. The number of nitrogens with zero attached hydrogens (tertiary/aromatic N) is 4. The monoisotopic (exact) mass is 278 g/mol. The molecule has 8 heteroatoms. The average molecular weight is 278 g/mol. The van der Waals surface area contributed by atoms with Crippen LogP contribution in [0.5, 0.6) is 0 Å². The van der Waals surface area contributed by atoms with Crippen molar-refractivity contribution >= 4 is 11.5 Å². The fourth-order valence-corrected chi connectivity index (χ4v) is 2.57. The third-order valence-corrected chi connectivity index (χ3v) is 3.59. The number of H-pyrrole nitrogens is 1. The molecule has 0 radical (unpaired) electrons. The molecule has 3 heterocycles. The first-order valence-corrected chi connectivity index (χ1v) is 6.80. The van der Waals surface area contributed by atoms with Crippen LogP contribution in [0.15, 0.2) is 17.2 Å². The van der Waals surface area contributed by atoms with Crippen LogP contribution in [0.2, 0.25) is 0 Å². The van der Waals surface area contributed by atoms with Crippen LogP contribution in [0, 0.1) is 0 Å². The van der Waals surface area contributed by atoms with Gasteiger partial charge in [0.15, 0.2) is 5.65 Å². The molecule has 3 N–H and O–H groups in total. The maximum absolute atomic E-state index is 11.4. The topological polar surface area (TPSA) is 98.5 Å². The lowest BCUT2D eigenvalue weighted by Crippen LogP contribution is -2.39. The van der Waals surface area contributed by atoms with Crippen molar-refractivity contribution < 1.29 is 5.11 Å². The summed E-state index contributed by atoms with van der Waals surface area (Å²) in [5.74, 6) is 0.722. The largest absolute Gasteiger partial charge is 0.395 e. The van der Waals surface area contributed by atoms with Gasteiger partial charge in [0.1, 0.15) is 12.1 Å². The Morgan fingerprint density at radius 3 is 3.20 bits per heavy atom. The number of hydrogen-bond acceptors (Lipinski definition) is 6. The van der Waals surface area contributed by atoms with Gasteiger partial charge in [-0.2, -0.15) is 5.10 Å². The van der Waals surface area contributed by atoms with Gasteiger partial charge in [0.25, 0.3) is 0 Å². The minimum absolute atomic E-state index is 0.0625. The van der Waals surface area contributed by atoms with Gasteiger partial charge < -0.3 is 15.3 Å². The normalized spacial score (nSPS) is 18.8. The van der Waals surface area contributed by atoms with Crippen molar-refractivity contribution in [3.8, 4) is 0 Å². The molecule has 1 atom stereocenters. The second kappa shape index (κ2) is 5.59. The lowest BCUT2D eigenvalue weighted by Gasteiger charge is -2.26. The first-order chi connectivity index (χ1) is 9.78. The van der Waals surface area contributed by atoms with E-state index in [0.717, 1.165) is 25.3 Å². The van der Waals surface area contributed by atoms with Gasteiger partial charge in [-0.25, -0.2) is 19.3 Å². The molecule has 0 aliphatic carbocycles. The van der Waals surface area contributed by atoms with Crippen LogP contribution in [-0.2, 0) is 0 Å². The molecule has 1 saturated heterocycles. The van der Waals surface area contributed by atoms with E-state index in [1.807, 2.05) is 4.90 Å². The number of aromatic nitrogens is 4. The number of aliphatic hydroxyl groups is 1. The summed E-state index contributed by atoms with van der Waals surface area (Å²) in [7, 11) is 0. The number of hydrogen-bond donors (Lipinski definition) is 3. The third-order valence-electron chi connectivity index (χ3n) is 3.59. The van der Waals surface area contributed by atoms with E-state index >= 15 is 0 Å². The quantitative estimate of drug-likeness (QED) is 0.647. The highest BCUT2D eigenvalue weighted by molar-refractivity contribution is 5.50. The second-order valence-electron chi connectivity index (χ2n) is 4.97. The highest BCUT2D eigenvalue weighted by Crippen LogP contribution is 2.14. The van der Waals surface area contributed by atoms with E-state index in [9.17, 15) is 9.90 Å². The predicted octanol–water partition coefficient (Wildman–Crippen LogP) is -1.03. The van der Waals surface area contributed by atoms with Gasteiger partial charge in [-0.15, -0.1) is 0 Å². The Balaban J connectivity index is 1.85. The Morgan fingerprint density at radius 1 is 1.55 bits per heavy atom. The molecule has 8 nitrogen and oxygen atoms in total. The smallest absolute Gasteiger partial charge is 0.348 e. The lowest BCUT2D eigenvalue weighted by molar-refractivity contribution is 0.300. The minimum Gasteiger partial charge on any atom is -0.395 e. The van der Waals surface area contributed by atoms with Crippen LogP contribution in [0.25, 0.3) is 5.65 Å². The summed E-state index contributed by atoms with van der Waals surface area (Å²) >= 11 is 0. The first-order valence-electron chi connectivity index (χ1n) is 6.80. The van der Waals surface area contributed by atoms with E-state index in [1.54, 1.807) is 6.07 Å². The summed E-state index contributed by atoms with van der Waals surface area (Å²) < 4.78 is 1.36. The molecular formula is C12H18N6O2. The van der Waals surface area contributed by atoms with Crippen LogP contribution in [-0.4, -0.2) is 57.0 Å². The number of nitrogens with one attached hydrogen (secondary N) is 2. The summed E-state index contributed by atoms with van der Waals surface area (Å²) in [6.45, 7) is 2.40. The predicted molar refractivity (Wildman–Crippen MR) is 73.9 cm³/mol. The van der Waals surface area contributed by atoms with Crippen molar-refractivity contribution in [2.75, 3.05) is 31.1 Å². The SMILES string of the molecule is O=c1[nH]nc2cc(N(CCO)CC3CCCN3)ncn12. The molecule has 0 bridgehead atoms. The lowest BCUT2D eigenvalue weighted by atomic mass is 10.2. The fourth-order valence-electron chi connectivity index (χ4n) is 2.57. The maximum atomic E-state index is 11.4. The Hall–Kier alpha value is -1.93. The van der Waals surface area contributed by atoms with Crippen LogP contribution in [0.3, 0.4) is 0 Å². The van der Waals surface area contributed by atoms with Crippen LogP contribution in [0.4, 0.5) is 5.82 Å². The summed E-state index contributed by atoms with van der Waals surface area (Å²) in [6, 6.07) is 2.17. The number of rotatable bonds is 5. The average Bonchev–Trinajstić information content (AvgIpc) is 3.08. The third kappa shape index (κ3) is 2.52. The Bertz CT molecular complexity index is 630. The highest BCUT2D eigenvalue weighted by Gasteiger charge is 2.19. The van der Waals surface area contributed by atoms with Gasteiger partial charge in [0.2, 0.25) is 0 Å². The van der Waals surface area contributed by atoms with Gasteiger partial charge >= 0.3 is 5.69 Å². The number of anilines is 1. The molecule has 108 valence electrons. The number of aliphatic hydroxyl groups excluding tert-OH is 1. The van der Waals surface area contributed by atoms with Crippen molar-refractivity contribution in [2.45, 2.75) is 18.9 Å². The fraction of sp³-hybridized carbons (Fsp3) is 0.583. The standard InChI is InChI=1S/C12H18N6O2/c19-5-4-17(7-9-2-1-3-13-9)10-6-11-15-16-12(20)18(11)8-14-10/h6,8-9,13,19H,1-5,7H2,(H,16,20). The van der Waals surface area contributed by atoms with Crippen molar-refractivity contribution in [2.24, 2.45) is 0 Å². The molecule has 0 saturated carbocycles. The Kier molecular flexibility index (Phi) is 3.66. The van der Waals surface area contributed by atoms with Crippen LogP contribution >= 0.6 is 0 Å². The van der Waals surface area contributed by atoms with Crippen LogP contribution in [0.1, 0.15) is 12.8 Å². The summed E-state index contributed by atoms with van der Waals surface area (Å²) in [5.41, 5.74) is 0.229. The molecule has 1 unspecified atom stereocenters. The molecule has 0 spiro atoms. The molecule has 2 aromatic heterocycles. The second-order valence-corrected chi connectivity index (χ2v) is 4.97. The van der Waals surface area contributed by atoms with Gasteiger partial charge in [-0.05, 0) is 19.4 Å². The Labute approximate surface area is 115 Å². The molecule has 3 rings (SSSR count). The van der Waals surface area contributed by atoms with E-state index in [4.69, 9.17) is 0 Å². The number of fused-ring (bicyclic) bond motifs is 1. The van der Waals surface area contributed by atoms with E-state index in [-0.39, 0.29) is 12.3 Å². The molecule has 20 heavy (non-hydrogen) atoms. The molecule has 1 fully saturated rings. The van der Waals surface area contributed by atoms with Crippen LogP contribution < -0.4 is 15.9 Å². The maximum Gasteiger partial charge on any atom is 0.348 e. The summed E-state index contributed by atoms with van der Waals surface area (Å²) in [5, 5.41) is 19.0. The summed E-state index contributed by atoms with van der Waals surface area (Å²) in [6.07, 6.45) is 3.77. The van der Waals surface area contributed by atoms with Crippen molar-refractivity contribution in [3.05, 3.63) is 22.9 Å². The van der Waals surface area contributed by atoms with Crippen molar-refractivity contribution in [1.82, 2.24) is 24.9 Å². The van der Waals surface area contributed by atoms with Gasteiger partial charge in [0, 0.05) is 25.2 Å². The molecule has 0 amide bonds. The molecule has 1 aliphatic heterocycles. The molecular weight excluding hydrogens is 260 g/mol. The number of aromatic amines is 1. The zero-order valence-electron chi connectivity index (χ0n) is 11.1. The molecule has 1 aliphatic rings. The van der Waals surface area contributed by atoms with Crippen molar-refractivity contribution in [1.29, 1.82) is 0 Å². The Morgan fingerprint density at radius 2 is 2.45 bits per heavy atom. The van der Waals surface area contributed by atoms with Crippen molar-refractivity contribution in [3.63, 3.8) is 0 Å².